The third kappa shape index (κ3) is 2.27. The van der Waals surface area contributed by atoms with Crippen LogP contribution in [0.15, 0.2) is 24.6 Å². The summed E-state index contributed by atoms with van der Waals surface area (Å²) < 4.78 is 7.24. The minimum Gasteiger partial charge on any atom is -0.499 e. The molecule has 0 aromatic carbocycles. The number of amides is 1. The predicted molar refractivity (Wildman–Crippen MR) is 65.6 cm³/mol. The molecule has 1 unspecified atom stereocenters. The van der Waals surface area contributed by atoms with Crippen molar-refractivity contribution in [2.45, 2.75) is 19.4 Å². The van der Waals surface area contributed by atoms with Crippen LogP contribution in [0, 0.1) is 0 Å². The lowest BCUT2D eigenvalue weighted by atomic mass is 10.1. The molecule has 0 fully saturated rings. The topological polar surface area (TPSA) is 69.3 Å². The van der Waals surface area contributed by atoms with Crippen molar-refractivity contribution in [2.24, 2.45) is 0 Å². The van der Waals surface area contributed by atoms with Crippen molar-refractivity contribution in [3.05, 3.63) is 30.3 Å². The second kappa shape index (κ2) is 4.53. The van der Waals surface area contributed by atoms with Gasteiger partial charge in [-0.25, -0.2) is 0 Å². The lowest BCUT2D eigenvalue weighted by Gasteiger charge is -2.26. The molecule has 1 aromatic rings. The average molecular weight is 235 g/mol. The van der Waals surface area contributed by atoms with Gasteiger partial charge in [0.05, 0.1) is 24.1 Å². The van der Waals surface area contributed by atoms with Crippen molar-refractivity contribution in [1.29, 1.82) is 0 Å². The third-order valence-corrected chi connectivity index (χ3v) is 2.81. The van der Waals surface area contributed by atoms with E-state index in [9.17, 15) is 4.79 Å². The number of hydrogen-bond acceptors (Lipinski definition) is 3. The Hall–Kier alpha value is -1.91. The first kappa shape index (κ1) is 11.6. The number of aromatic nitrogens is 1. The summed E-state index contributed by atoms with van der Waals surface area (Å²) in [4.78, 5) is 11.6. The molecule has 5 nitrogen and oxygen atoms in total. The molecule has 5 heteroatoms. The van der Waals surface area contributed by atoms with E-state index < -0.39 is 0 Å². The van der Waals surface area contributed by atoms with Gasteiger partial charge in [0.15, 0.2) is 0 Å². The highest BCUT2D eigenvalue weighted by Crippen LogP contribution is 2.25. The van der Waals surface area contributed by atoms with E-state index >= 15 is 0 Å². The first-order chi connectivity index (χ1) is 8.11. The highest BCUT2D eigenvalue weighted by molar-refractivity contribution is 5.94. The summed E-state index contributed by atoms with van der Waals surface area (Å²) in [5.41, 5.74) is 6.92. The monoisotopic (exact) mass is 235 g/mol. The van der Waals surface area contributed by atoms with Crippen molar-refractivity contribution in [1.82, 2.24) is 9.88 Å². The molecule has 0 saturated heterocycles. The van der Waals surface area contributed by atoms with Gasteiger partial charge in [0.2, 0.25) is 0 Å². The summed E-state index contributed by atoms with van der Waals surface area (Å²) in [5, 5.41) is 2.84. The first-order valence-electron chi connectivity index (χ1n) is 5.68. The molecule has 1 aromatic heterocycles. The van der Waals surface area contributed by atoms with Gasteiger partial charge in [-0.1, -0.05) is 6.58 Å². The van der Waals surface area contributed by atoms with E-state index in [2.05, 4.69) is 11.9 Å². The fourth-order valence-electron chi connectivity index (χ4n) is 2.08. The molecule has 92 valence electrons. The molecule has 3 N–H and O–H groups in total. The van der Waals surface area contributed by atoms with E-state index in [1.165, 1.54) is 0 Å². The summed E-state index contributed by atoms with van der Waals surface area (Å²) in [7, 11) is 0. The number of allylic oxidation sites excluding steroid dienone is 1. The molecule has 1 amide bonds. The normalized spacial score (nSPS) is 18.4. The van der Waals surface area contributed by atoms with E-state index in [4.69, 9.17) is 10.5 Å². The Labute approximate surface area is 100 Å². The Morgan fingerprint density at radius 3 is 3.24 bits per heavy atom. The van der Waals surface area contributed by atoms with Gasteiger partial charge in [0.1, 0.15) is 5.69 Å². The Morgan fingerprint density at radius 2 is 2.53 bits per heavy atom. The van der Waals surface area contributed by atoms with Gasteiger partial charge in [-0.15, -0.1) is 0 Å². The molecule has 17 heavy (non-hydrogen) atoms. The van der Waals surface area contributed by atoms with Crippen molar-refractivity contribution >= 4 is 11.6 Å². The van der Waals surface area contributed by atoms with Crippen LogP contribution < -0.4 is 11.1 Å². The Morgan fingerprint density at radius 1 is 1.76 bits per heavy atom. The number of fused-ring (bicyclic) bond motifs is 1. The second-order valence-electron chi connectivity index (χ2n) is 4.11. The van der Waals surface area contributed by atoms with Crippen molar-refractivity contribution in [3.63, 3.8) is 0 Å². The molecule has 0 radical (unpaired) electrons. The zero-order valence-electron chi connectivity index (χ0n) is 9.90. The lowest BCUT2D eigenvalue weighted by Crippen LogP contribution is -2.38. The molecule has 1 aliphatic rings. The largest absolute Gasteiger partial charge is 0.499 e. The number of nitrogen functional groups attached to an aromatic ring is 1. The fraction of sp³-hybridized carbons (Fsp3) is 0.417. The summed E-state index contributed by atoms with van der Waals surface area (Å²) >= 11 is 0. The molecule has 0 aliphatic carbocycles. The third-order valence-electron chi connectivity index (χ3n) is 2.81. The molecular formula is C12H17N3O2. The molecule has 0 bridgehead atoms. The number of nitrogens with two attached hydrogens (primary N) is 1. The van der Waals surface area contributed by atoms with Crippen LogP contribution in [-0.2, 0) is 4.74 Å². The molecule has 1 aliphatic heterocycles. The number of nitrogens with one attached hydrogen (secondary N) is 1. The summed E-state index contributed by atoms with van der Waals surface area (Å²) in [6.45, 7) is 6.97. The predicted octanol–water partition coefficient (Wildman–Crippen LogP) is 1.30. The molecule has 2 heterocycles. The zero-order valence-corrected chi connectivity index (χ0v) is 9.90. The van der Waals surface area contributed by atoms with Crippen LogP contribution >= 0.6 is 0 Å². The molecule has 1 atom stereocenters. The van der Waals surface area contributed by atoms with Gasteiger partial charge in [-0.05, 0) is 13.0 Å². The number of anilines is 1. The Bertz CT molecular complexity index is 451. The zero-order chi connectivity index (χ0) is 12.4. The van der Waals surface area contributed by atoms with Crippen molar-refractivity contribution in [3.8, 4) is 0 Å². The van der Waals surface area contributed by atoms with Crippen molar-refractivity contribution in [2.75, 3.05) is 18.9 Å². The number of carbonyl (C=O) groups excluding carboxylic acids is 1. The Balaban J connectivity index is 2.18. The van der Waals surface area contributed by atoms with Gasteiger partial charge in [0.25, 0.3) is 5.91 Å². The number of ether oxygens (including phenoxy) is 1. The van der Waals surface area contributed by atoms with E-state index in [-0.39, 0.29) is 11.9 Å². The maximum atomic E-state index is 11.6. The van der Waals surface area contributed by atoms with Crippen LogP contribution in [0.25, 0.3) is 0 Å². The minimum atomic E-state index is -0.0834. The quantitative estimate of drug-likeness (QED) is 0.773. The van der Waals surface area contributed by atoms with Crippen LogP contribution in [0.3, 0.4) is 0 Å². The van der Waals surface area contributed by atoms with E-state index in [0.717, 1.165) is 5.76 Å². The summed E-state index contributed by atoms with van der Waals surface area (Å²) in [6.07, 6.45) is 2.47. The smallest absolute Gasteiger partial charge is 0.268 e. The molecule has 0 spiro atoms. The summed E-state index contributed by atoms with van der Waals surface area (Å²) in [5.74, 6) is 0.645. The second-order valence-corrected chi connectivity index (χ2v) is 4.11. The minimum absolute atomic E-state index is 0.0834. The van der Waals surface area contributed by atoms with E-state index in [0.29, 0.717) is 31.0 Å². The van der Waals surface area contributed by atoms with E-state index in [1.807, 2.05) is 11.5 Å². The molecular weight excluding hydrogens is 218 g/mol. The van der Waals surface area contributed by atoms with Gasteiger partial charge in [0, 0.05) is 19.2 Å². The number of carbonyl (C=O) groups is 1. The number of hydrogen-bond donors (Lipinski definition) is 2. The SMILES string of the molecule is C=C(CC1CNC(=O)c2cc(N)cn21)OCC. The summed E-state index contributed by atoms with van der Waals surface area (Å²) in [6, 6.07) is 1.81. The Kier molecular flexibility index (Phi) is 3.08. The standard InChI is InChI=1S/C12H17N3O2/c1-3-17-8(2)4-10-6-14-12(16)11-5-9(13)7-15(10)11/h5,7,10H,2-4,6,13H2,1H3,(H,14,16). The van der Waals surface area contributed by atoms with Gasteiger partial charge >= 0.3 is 0 Å². The van der Waals surface area contributed by atoms with Crippen molar-refractivity contribution < 1.29 is 9.53 Å². The van der Waals surface area contributed by atoms with Crippen LogP contribution in [0.5, 0.6) is 0 Å². The number of nitrogens with zero attached hydrogens (tertiary/aromatic N) is 1. The molecule has 2 rings (SSSR count). The maximum Gasteiger partial charge on any atom is 0.268 e. The van der Waals surface area contributed by atoms with Crippen LogP contribution in [0.1, 0.15) is 29.9 Å². The average Bonchev–Trinajstić information content (AvgIpc) is 2.66. The first-order valence-corrected chi connectivity index (χ1v) is 5.68. The van der Waals surface area contributed by atoms with Crippen LogP contribution in [0.2, 0.25) is 0 Å². The maximum absolute atomic E-state index is 11.6. The number of rotatable bonds is 4. The van der Waals surface area contributed by atoms with Crippen LogP contribution in [0.4, 0.5) is 5.69 Å². The highest BCUT2D eigenvalue weighted by atomic mass is 16.5. The lowest BCUT2D eigenvalue weighted by molar-refractivity contribution is 0.0909. The van der Waals surface area contributed by atoms with Gasteiger partial charge < -0.3 is 20.4 Å². The fourth-order valence-corrected chi connectivity index (χ4v) is 2.08. The van der Waals surface area contributed by atoms with E-state index in [1.54, 1.807) is 12.3 Å². The molecule has 0 saturated carbocycles. The van der Waals surface area contributed by atoms with Crippen LogP contribution in [-0.4, -0.2) is 23.6 Å². The highest BCUT2D eigenvalue weighted by Gasteiger charge is 2.25. The van der Waals surface area contributed by atoms with Gasteiger partial charge in [-0.3, -0.25) is 4.79 Å². The van der Waals surface area contributed by atoms with Gasteiger partial charge in [-0.2, -0.15) is 0 Å².